The van der Waals surface area contributed by atoms with Gasteiger partial charge in [-0.05, 0) is 38.8 Å². The van der Waals surface area contributed by atoms with Gasteiger partial charge in [-0.25, -0.2) is 0 Å². The average molecular weight is 247 g/mol. The van der Waals surface area contributed by atoms with Crippen LogP contribution in [0, 0.1) is 0 Å². The van der Waals surface area contributed by atoms with E-state index in [9.17, 15) is 0 Å². The van der Waals surface area contributed by atoms with Gasteiger partial charge in [-0.3, -0.25) is 0 Å². The highest BCUT2D eigenvalue weighted by molar-refractivity contribution is 5.39. The normalized spacial score (nSPS) is 24.6. The lowest BCUT2D eigenvalue weighted by Gasteiger charge is -2.34. The van der Waals surface area contributed by atoms with Crippen LogP contribution in [0.15, 0.2) is 24.3 Å². The molecule has 1 fully saturated rings. The van der Waals surface area contributed by atoms with Gasteiger partial charge in [0.25, 0.3) is 0 Å². The maximum atomic E-state index is 5.82. The zero-order valence-corrected chi connectivity index (χ0v) is 11.7. The van der Waals surface area contributed by atoms with Crippen molar-refractivity contribution in [3.8, 4) is 5.75 Å². The van der Waals surface area contributed by atoms with Crippen LogP contribution in [0.3, 0.4) is 0 Å². The molecule has 18 heavy (non-hydrogen) atoms. The summed E-state index contributed by atoms with van der Waals surface area (Å²) in [5.41, 5.74) is 1.46. The van der Waals surface area contributed by atoms with Crippen molar-refractivity contribution in [1.29, 1.82) is 0 Å². The Morgan fingerprint density at radius 2 is 2.00 bits per heavy atom. The maximum Gasteiger partial charge on any atom is 0.124 e. The quantitative estimate of drug-likeness (QED) is 0.872. The molecule has 0 spiro atoms. The SMILES string of the molecule is CCOc1ccccc1C1(CC)CCCCCN1. The summed E-state index contributed by atoms with van der Waals surface area (Å²) in [6.07, 6.45) is 6.27. The van der Waals surface area contributed by atoms with E-state index in [1.165, 1.54) is 31.2 Å². The third-order valence-electron chi connectivity index (χ3n) is 4.05. The van der Waals surface area contributed by atoms with E-state index in [2.05, 4.69) is 43.4 Å². The molecule has 1 N–H and O–H groups in total. The summed E-state index contributed by atoms with van der Waals surface area (Å²) in [4.78, 5) is 0. The monoisotopic (exact) mass is 247 g/mol. The Balaban J connectivity index is 2.35. The van der Waals surface area contributed by atoms with Crippen molar-refractivity contribution in [3.63, 3.8) is 0 Å². The predicted molar refractivity (Wildman–Crippen MR) is 76.1 cm³/mol. The first kappa shape index (κ1) is 13.4. The van der Waals surface area contributed by atoms with Crippen molar-refractivity contribution < 1.29 is 4.74 Å². The van der Waals surface area contributed by atoms with Crippen LogP contribution >= 0.6 is 0 Å². The molecule has 2 rings (SSSR count). The highest BCUT2D eigenvalue weighted by Crippen LogP contribution is 2.38. The van der Waals surface area contributed by atoms with Gasteiger partial charge >= 0.3 is 0 Å². The molecule has 0 aliphatic carbocycles. The van der Waals surface area contributed by atoms with Crippen LogP contribution in [0.1, 0.15) is 51.5 Å². The molecule has 100 valence electrons. The van der Waals surface area contributed by atoms with E-state index in [0.29, 0.717) is 0 Å². The number of para-hydroxylation sites is 1. The highest BCUT2D eigenvalue weighted by Gasteiger charge is 2.32. The third kappa shape index (κ3) is 2.69. The molecule has 1 aliphatic rings. The summed E-state index contributed by atoms with van der Waals surface area (Å²) in [5.74, 6) is 1.05. The molecule has 0 saturated carbocycles. The first-order valence-electron chi connectivity index (χ1n) is 7.30. The second-order valence-electron chi connectivity index (χ2n) is 5.10. The van der Waals surface area contributed by atoms with Gasteiger partial charge in [-0.15, -0.1) is 0 Å². The van der Waals surface area contributed by atoms with E-state index in [1.54, 1.807) is 0 Å². The average Bonchev–Trinajstić information content (AvgIpc) is 2.66. The third-order valence-corrected chi connectivity index (χ3v) is 4.05. The van der Waals surface area contributed by atoms with Crippen LogP contribution in [0.5, 0.6) is 5.75 Å². The Bertz CT molecular complexity index is 367. The van der Waals surface area contributed by atoms with Gasteiger partial charge in [0.1, 0.15) is 5.75 Å². The minimum atomic E-state index is 0.113. The summed E-state index contributed by atoms with van der Waals surface area (Å²) >= 11 is 0. The Morgan fingerprint density at radius 1 is 1.17 bits per heavy atom. The molecular weight excluding hydrogens is 222 g/mol. The summed E-state index contributed by atoms with van der Waals surface area (Å²) in [5, 5.41) is 3.78. The predicted octanol–water partition coefficient (Wildman–Crippen LogP) is 3.85. The second kappa shape index (κ2) is 6.24. The molecular formula is C16H25NO. The van der Waals surface area contributed by atoms with Crippen LogP contribution in [0.2, 0.25) is 0 Å². The van der Waals surface area contributed by atoms with E-state index in [-0.39, 0.29) is 5.54 Å². The van der Waals surface area contributed by atoms with Crippen molar-refractivity contribution in [2.75, 3.05) is 13.2 Å². The number of nitrogens with one attached hydrogen (secondary N) is 1. The van der Waals surface area contributed by atoms with E-state index >= 15 is 0 Å². The second-order valence-corrected chi connectivity index (χ2v) is 5.10. The molecule has 0 aromatic heterocycles. The molecule has 2 nitrogen and oxygen atoms in total. The lowest BCUT2D eigenvalue weighted by atomic mass is 9.82. The molecule has 1 aliphatic heterocycles. The minimum absolute atomic E-state index is 0.113. The van der Waals surface area contributed by atoms with Gasteiger partial charge in [0, 0.05) is 11.1 Å². The van der Waals surface area contributed by atoms with Crippen molar-refractivity contribution in [2.24, 2.45) is 0 Å². The van der Waals surface area contributed by atoms with Crippen LogP contribution in [-0.4, -0.2) is 13.2 Å². The molecule has 0 amide bonds. The van der Waals surface area contributed by atoms with E-state index in [0.717, 1.165) is 25.3 Å². The van der Waals surface area contributed by atoms with Crippen molar-refractivity contribution in [2.45, 2.75) is 51.5 Å². The maximum absolute atomic E-state index is 5.82. The summed E-state index contributed by atoms with van der Waals surface area (Å²) in [6.45, 7) is 6.18. The van der Waals surface area contributed by atoms with Crippen molar-refractivity contribution >= 4 is 0 Å². The highest BCUT2D eigenvalue weighted by atomic mass is 16.5. The molecule has 0 radical (unpaired) electrons. The number of ether oxygens (including phenoxy) is 1. The van der Waals surface area contributed by atoms with E-state index in [4.69, 9.17) is 4.74 Å². The zero-order valence-electron chi connectivity index (χ0n) is 11.7. The number of hydrogen-bond donors (Lipinski definition) is 1. The molecule has 1 aromatic rings. The van der Waals surface area contributed by atoms with Gasteiger partial charge in [-0.1, -0.05) is 38.0 Å². The van der Waals surface area contributed by atoms with Crippen LogP contribution in [0.4, 0.5) is 0 Å². The largest absolute Gasteiger partial charge is 0.494 e. The Labute approximate surface area is 111 Å². The molecule has 0 bridgehead atoms. The van der Waals surface area contributed by atoms with Crippen molar-refractivity contribution in [1.82, 2.24) is 5.32 Å². The van der Waals surface area contributed by atoms with Crippen molar-refractivity contribution in [3.05, 3.63) is 29.8 Å². The minimum Gasteiger partial charge on any atom is -0.494 e. The lowest BCUT2D eigenvalue weighted by molar-refractivity contribution is 0.280. The lowest BCUT2D eigenvalue weighted by Crippen LogP contribution is -2.41. The van der Waals surface area contributed by atoms with Gasteiger partial charge < -0.3 is 10.1 Å². The Kier molecular flexibility index (Phi) is 4.65. The first-order valence-corrected chi connectivity index (χ1v) is 7.30. The van der Waals surface area contributed by atoms with Gasteiger partial charge in [0.05, 0.1) is 6.61 Å². The molecule has 2 heteroatoms. The van der Waals surface area contributed by atoms with Crippen LogP contribution in [0.25, 0.3) is 0 Å². The smallest absolute Gasteiger partial charge is 0.124 e. The molecule has 1 heterocycles. The number of benzene rings is 1. The molecule has 1 aromatic carbocycles. The Hall–Kier alpha value is -1.02. The standard InChI is InChI=1S/C16H25NO/c1-3-16(12-8-5-9-13-17-16)14-10-6-7-11-15(14)18-4-2/h6-7,10-11,17H,3-5,8-9,12-13H2,1-2H3. The van der Waals surface area contributed by atoms with E-state index < -0.39 is 0 Å². The van der Waals surface area contributed by atoms with Gasteiger partial charge in [0.15, 0.2) is 0 Å². The zero-order chi connectivity index (χ0) is 12.8. The van der Waals surface area contributed by atoms with Crippen LogP contribution < -0.4 is 10.1 Å². The fourth-order valence-electron chi connectivity index (χ4n) is 3.01. The Morgan fingerprint density at radius 3 is 2.78 bits per heavy atom. The number of hydrogen-bond acceptors (Lipinski definition) is 2. The van der Waals surface area contributed by atoms with E-state index in [1.807, 2.05) is 0 Å². The molecule has 1 unspecified atom stereocenters. The molecule has 1 saturated heterocycles. The molecule has 1 atom stereocenters. The summed E-state index contributed by atoms with van der Waals surface area (Å²) < 4.78 is 5.82. The topological polar surface area (TPSA) is 21.3 Å². The van der Waals surface area contributed by atoms with Gasteiger partial charge in [-0.2, -0.15) is 0 Å². The fourth-order valence-corrected chi connectivity index (χ4v) is 3.01. The summed E-state index contributed by atoms with van der Waals surface area (Å²) in [7, 11) is 0. The fraction of sp³-hybridized carbons (Fsp3) is 0.625. The summed E-state index contributed by atoms with van der Waals surface area (Å²) in [6, 6.07) is 8.52. The number of rotatable bonds is 4. The first-order chi connectivity index (χ1) is 8.82. The van der Waals surface area contributed by atoms with Crippen LogP contribution in [-0.2, 0) is 5.54 Å². The van der Waals surface area contributed by atoms with Gasteiger partial charge in [0.2, 0.25) is 0 Å².